The predicted molar refractivity (Wildman–Crippen MR) is 128 cm³/mol. The monoisotopic (exact) mass is 494 g/mol. The van der Waals surface area contributed by atoms with Crippen LogP contribution in [0.4, 0.5) is 8.78 Å². The number of ether oxygens (including phenoxy) is 1. The first kappa shape index (κ1) is 23.8. The summed E-state index contributed by atoms with van der Waals surface area (Å²) >= 11 is 6.63. The molecule has 3 aliphatic rings. The lowest BCUT2D eigenvalue weighted by atomic mass is 10.0. The molecule has 9 heteroatoms. The van der Waals surface area contributed by atoms with E-state index >= 15 is 0 Å². The molecule has 6 nitrogen and oxygen atoms in total. The van der Waals surface area contributed by atoms with Gasteiger partial charge in [-0.1, -0.05) is 11.6 Å². The van der Waals surface area contributed by atoms with E-state index in [-0.39, 0.29) is 37.9 Å². The van der Waals surface area contributed by atoms with Gasteiger partial charge in [-0.3, -0.25) is 4.79 Å². The summed E-state index contributed by atoms with van der Waals surface area (Å²) in [5, 5.41) is 1.16. The van der Waals surface area contributed by atoms with E-state index in [0.29, 0.717) is 34.2 Å². The number of piperidine rings is 2. The molecule has 1 N–H and O–H groups in total. The number of hydrogen-bond donors (Lipinski definition) is 1. The van der Waals surface area contributed by atoms with Crippen molar-refractivity contribution in [1.29, 1.82) is 0 Å². The Hall–Kier alpha value is -1.93. The minimum absolute atomic E-state index is 0.0494. The third kappa shape index (κ3) is 5.03. The molecular weight excluding hydrogens is 462 g/mol. The fraction of sp³-hybridized carbons (Fsp3) is 0.680. The third-order valence-corrected chi connectivity index (χ3v) is 7.74. The van der Waals surface area contributed by atoms with E-state index < -0.39 is 5.92 Å². The van der Waals surface area contributed by atoms with Crippen molar-refractivity contribution in [1.82, 2.24) is 19.8 Å². The average Bonchev–Trinajstić information content (AvgIpc) is 3.52. The topological polar surface area (TPSA) is 61.5 Å². The molecule has 1 aliphatic carbocycles. The highest BCUT2D eigenvalue weighted by atomic mass is 35.5. The average molecular weight is 495 g/mol. The van der Waals surface area contributed by atoms with Crippen molar-refractivity contribution < 1.29 is 18.3 Å². The van der Waals surface area contributed by atoms with Crippen LogP contribution in [0.5, 0.6) is 5.75 Å². The van der Waals surface area contributed by atoms with E-state index in [1.807, 2.05) is 0 Å². The van der Waals surface area contributed by atoms with Gasteiger partial charge in [0, 0.05) is 56.0 Å². The van der Waals surface area contributed by atoms with Crippen LogP contribution in [0.1, 0.15) is 68.4 Å². The number of amides is 1. The first-order valence-electron chi connectivity index (χ1n) is 12.5. The van der Waals surface area contributed by atoms with Gasteiger partial charge in [-0.25, -0.2) is 13.8 Å². The quantitative estimate of drug-likeness (QED) is 0.554. The zero-order valence-corrected chi connectivity index (χ0v) is 20.6. The Balaban J connectivity index is 1.41. The molecule has 0 spiro atoms. The molecule has 5 rings (SSSR count). The van der Waals surface area contributed by atoms with Crippen molar-refractivity contribution in [3.63, 3.8) is 0 Å². The van der Waals surface area contributed by atoms with Crippen molar-refractivity contribution in [2.45, 2.75) is 76.9 Å². The molecule has 0 radical (unpaired) electrons. The van der Waals surface area contributed by atoms with Crippen molar-refractivity contribution in [3.8, 4) is 5.75 Å². The number of halogens is 3. The first-order chi connectivity index (χ1) is 16.2. The Bertz CT molecular complexity index is 1050. The van der Waals surface area contributed by atoms with E-state index in [2.05, 4.69) is 28.7 Å². The largest absolute Gasteiger partial charge is 0.487 e. The fourth-order valence-electron chi connectivity index (χ4n) is 5.09. The second-order valence-electron chi connectivity index (χ2n) is 10.4. The summed E-state index contributed by atoms with van der Waals surface area (Å²) in [7, 11) is 0. The highest BCUT2D eigenvalue weighted by molar-refractivity contribution is 6.31. The van der Waals surface area contributed by atoms with Crippen LogP contribution in [0.15, 0.2) is 6.07 Å². The SMILES string of the molecule is CC(C)N1CCC(Oc2c(Cl)nc3[nH]c(C(=O)N4CCC(F)(F)CC4)cc3c2CC2CC2)CC1. The molecule has 2 aromatic heterocycles. The van der Waals surface area contributed by atoms with Gasteiger partial charge in [0.1, 0.15) is 17.4 Å². The molecule has 186 valence electrons. The summed E-state index contributed by atoms with van der Waals surface area (Å²) in [6.45, 7) is 6.51. The molecule has 3 fully saturated rings. The molecule has 4 heterocycles. The number of nitrogens with one attached hydrogen (secondary N) is 1. The summed E-state index contributed by atoms with van der Waals surface area (Å²) in [6, 6.07) is 2.33. The maximum Gasteiger partial charge on any atom is 0.270 e. The van der Waals surface area contributed by atoms with Crippen molar-refractivity contribution >= 4 is 28.5 Å². The molecule has 34 heavy (non-hydrogen) atoms. The number of pyridine rings is 1. The van der Waals surface area contributed by atoms with E-state index in [9.17, 15) is 13.6 Å². The van der Waals surface area contributed by atoms with E-state index in [4.69, 9.17) is 16.3 Å². The number of aromatic amines is 1. The molecular formula is C25H33ClF2N4O2. The predicted octanol–water partition coefficient (Wildman–Crippen LogP) is 5.29. The zero-order valence-electron chi connectivity index (χ0n) is 19.9. The Morgan fingerprint density at radius 2 is 1.88 bits per heavy atom. The molecule has 2 saturated heterocycles. The number of rotatable bonds is 6. The first-order valence-corrected chi connectivity index (χ1v) is 12.9. The van der Waals surface area contributed by atoms with Crippen LogP contribution in [0.3, 0.4) is 0 Å². The number of H-pyrrole nitrogens is 1. The lowest BCUT2D eigenvalue weighted by molar-refractivity contribution is -0.0495. The number of carbonyl (C=O) groups is 1. The Kier molecular flexibility index (Phi) is 6.48. The van der Waals surface area contributed by atoms with Crippen LogP contribution in [0, 0.1) is 5.92 Å². The van der Waals surface area contributed by atoms with Crippen molar-refractivity contribution in [3.05, 3.63) is 22.5 Å². The molecule has 1 amide bonds. The summed E-state index contributed by atoms with van der Waals surface area (Å²) in [5.41, 5.74) is 1.92. The van der Waals surface area contributed by atoms with Gasteiger partial charge in [-0.15, -0.1) is 0 Å². The maximum atomic E-state index is 13.5. The molecule has 0 aromatic carbocycles. The number of aromatic nitrogens is 2. The number of carbonyl (C=O) groups excluding carboxylic acids is 1. The minimum atomic E-state index is -2.69. The van der Waals surface area contributed by atoms with Crippen LogP contribution in [-0.4, -0.2) is 69.9 Å². The number of nitrogens with zero attached hydrogens (tertiary/aromatic N) is 3. The standard InChI is InChI=1S/C25H33ClF2N4O2/c1-15(2)31-9-5-17(6-10-31)34-21-18(13-16-3-4-16)19-14-20(29-23(19)30-22(21)26)24(33)32-11-7-25(27,28)8-12-32/h14-17H,3-13H2,1-2H3,(H,29,30). The summed E-state index contributed by atoms with van der Waals surface area (Å²) < 4.78 is 33.6. The molecule has 1 saturated carbocycles. The van der Waals surface area contributed by atoms with Gasteiger partial charge in [0.25, 0.3) is 11.8 Å². The number of likely N-dealkylation sites (tertiary alicyclic amines) is 2. The van der Waals surface area contributed by atoms with Gasteiger partial charge in [0.2, 0.25) is 0 Å². The van der Waals surface area contributed by atoms with Crippen molar-refractivity contribution in [2.24, 2.45) is 5.92 Å². The molecule has 2 aromatic rings. The van der Waals surface area contributed by atoms with Gasteiger partial charge in [0.05, 0.1) is 0 Å². The van der Waals surface area contributed by atoms with Crippen LogP contribution in [0.2, 0.25) is 5.15 Å². The summed E-state index contributed by atoms with van der Waals surface area (Å²) in [5.74, 6) is -1.74. The Morgan fingerprint density at radius 1 is 1.21 bits per heavy atom. The van der Waals surface area contributed by atoms with Gasteiger partial charge in [0.15, 0.2) is 10.9 Å². The normalized spacial score (nSPS) is 22.0. The van der Waals surface area contributed by atoms with E-state index in [0.717, 1.165) is 43.3 Å². The van der Waals surface area contributed by atoms with Gasteiger partial charge < -0.3 is 19.5 Å². The van der Waals surface area contributed by atoms with Crippen LogP contribution < -0.4 is 4.74 Å². The van der Waals surface area contributed by atoms with Gasteiger partial charge in [-0.2, -0.15) is 0 Å². The Labute approximate surface area is 204 Å². The molecule has 0 bridgehead atoms. The highest BCUT2D eigenvalue weighted by Crippen LogP contribution is 2.42. The second-order valence-corrected chi connectivity index (χ2v) is 10.8. The molecule has 0 unspecified atom stereocenters. The second kappa shape index (κ2) is 9.26. The number of hydrogen-bond acceptors (Lipinski definition) is 4. The van der Waals surface area contributed by atoms with Crippen LogP contribution in [-0.2, 0) is 6.42 Å². The highest BCUT2D eigenvalue weighted by Gasteiger charge is 2.36. The fourth-order valence-corrected chi connectivity index (χ4v) is 5.33. The van der Waals surface area contributed by atoms with Crippen LogP contribution in [0.25, 0.3) is 11.0 Å². The van der Waals surface area contributed by atoms with Crippen LogP contribution >= 0.6 is 11.6 Å². The van der Waals surface area contributed by atoms with Crippen molar-refractivity contribution in [2.75, 3.05) is 26.2 Å². The van der Waals surface area contributed by atoms with E-state index in [1.54, 1.807) is 6.07 Å². The number of fused-ring (bicyclic) bond motifs is 1. The zero-order chi connectivity index (χ0) is 24.0. The Morgan fingerprint density at radius 3 is 2.50 bits per heavy atom. The minimum Gasteiger partial charge on any atom is -0.487 e. The lowest BCUT2D eigenvalue weighted by Gasteiger charge is -2.35. The summed E-state index contributed by atoms with van der Waals surface area (Å²) in [6.07, 6.45) is 4.53. The maximum absolute atomic E-state index is 13.5. The third-order valence-electron chi connectivity index (χ3n) is 7.49. The van der Waals surface area contributed by atoms with Gasteiger partial charge >= 0.3 is 0 Å². The van der Waals surface area contributed by atoms with E-state index in [1.165, 1.54) is 17.7 Å². The smallest absolute Gasteiger partial charge is 0.270 e. The van der Waals surface area contributed by atoms with Gasteiger partial charge in [-0.05, 0) is 57.9 Å². The molecule has 2 aliphatic heterocycles. The molecule has 0 atom stereocenters. The summed E-state index contributed by atoms with van der Waals surface area (Å²) in [4.78, 5) is 24.6. The number of alkyl halides is 2. The lowest BCUT2D eigenvalue weighted by Crippen LogP contribution is -2.42.